The monoisotopic (exact) mass is 495 g/mol. The van der Waals surface area contributed by atoms with E-state index in [1.165, 1.54) is 0 Å². The van der Waals surface area contributed by atoms with Gasteiger partial charge in [-0.1, -0.05) is 48.5 Å². The molecular formula is C34H17N5. The van der Waals surface area contributed by atoms with Crippen LogP contribution in [-0.2, 0) is 0 Å². The number of hydrogen-bond donors (Lipinski definition) is 0. The predicted molar refractivity (Wildman–Crippen MR) is 151 cm³/mol. The molecule has 0 bridgehead atoms. The minimum atomic E-state index is 0.440. The second-order valence-corrected chi connectivity index (χ2v) is 9.04. The van der Waals surface area contributed by atoms with Gasteiger partial charge in [-0.15, -0.1) is 0 Å². The molecular weight excluding hydrogens is 478 g/mol. The van der Waals surface area contributed by atoms with Crippen molar-refractivity contribution in [3.63, 3.8) is 0 Å². The molecule has 5 aromatic carbocycles. The van der Waals surface area contributed by atoms with Crippen LogP contribution in [0.3, 0.4) is 0 Å². The van der Waals surface area contributed by atoms with Crippen molar-refractivity contribution in [3.05, 3.63) is 125 Å². The summed E-state index contributed by atoms with van der Waals surface area (Å²) in [6.07, 6.45) is 0. The first-order valence-corrected chi connectivity index (χ1v) is 12.2. The fraction of sp³-hybridized carbons (Fsp3) is 0. The summed E-state index contributed by atoms with van der Waals surface area (Å²) in [6, 6.07) is 41.1. The molecule has 0 saturated carbocycles. The lowest BCUT2D eigenvalue weighted by Gasteiger charge is -2.11. The van der Waals surface area contributed by atoms with Crippen LogP contribution in [0.1, 0.15) is 22.3 Å². The van der Waals surface area contributed by atoms with Gasteiger partial charge >= 0.3 is 0 Å². The third-order valence-electron chi connectivity index (χ3n) is 6.97. The van der Waals surface area contributed by atoms with E-state index in [0.29, 0.717) is 33.4 Å². The van der Waals surface area contributed by atoms with Crippen molar-refractivity contribution in [1.82, 2.24) is 4.57 Å². The molecule has 0 fully saturated rings. The van der Waals surface area contributed by atoms with E-state index < -0.39 is 0 Å². The molecule has 6 rings (SSSR count). The molecule has 0 unspecified atom stereocenters. The molecule has 0 amide bonds. The normalized spacial score (nSPS) is 10.5. The molecule has 0 aliphatic rings. The van der Waals surface area contributed by atoms with Crippen LogP contribution in [0.25, 0.3) is 49.7 Å². The number of benzene rings is 5. The first-order valence-electron chi connectivity index (χ1n) is 12.2. The Balaban J connectivity index is 1.70. The van der Waals surface area contributed by atoms with Gasteiger partial charge in [0.05, 0.1) is 57.6 Å². The lowest BCUT2D eigenvalue weighted by Crippen LogP contribution is -1.95. The highest BCUT2D eigenvalue weighted by atomic mass is 15.0. The molecule has 0 radical (unpaired) electrons. The standard InChI is InChI=1S/C34H17N5/c35-18-24-6-4-7-25(19-36)33(24)22-13-15-31-30(16-22)29-14-12-23(34-26(20-37)8-5-9-27(34)21-38)17-32(29)39(31)28-10-2-1-3-11-28/h1-17H. The Kier molecular flexibility index (Phi) is 5.60. The van der Waals surface area contributed by atoms with Crippen molar-refractivity contribution in [2.45, 2.75) is 0 Å². The summed E-state index contributed by atoms with van der Waals surface area (Å²) in [6.45, 7) is 0. The fourth-order valence-corrected chi connectivity index (χ4v) is 5.29. The molecule has 0 saturated heterocycles. The second kappa shape index (κ2) is 9.38. The Morgan fingerprint density at radius 3 is 1.49 bits per heavy atom. The van der Waals surface area contributed by atoms with E-state index in [2.05, 4.69) is 28.8 Å². The van der Waals surface area contributed by atoms with Gasteiger partial charge in [-0.05, 0) is 65.7 Å². The highest BCUT2D eigenvalue weighted by Gasteiger charge is 2.18. The molecule has 178 valence electrons. The lowest BCUT2D eigenvalue weighted by atomic mass is 9.93. The van der Waals surface area contributed by atoms with Crippen LogP contribution in [0.15, 0.2) is 103 Å². The molecule has 0 aliphatic heterocycles. The van der Waals surface area contributed by atoms with Crippen molar-refractivity contribution in [1.29, 1.82) is 21.0 Å². The minimum Gasteiger partial charge on any atom is -0.309 e. The van der Waals surface area contributed by atoms with Crippen LogP contribution in [0, 0.1) is 45.3 Å². The highest BCUT2D eigenvalue weighted by Crippen LogP contribution is 2.39. The van der Waals surface area contributed by atoms with Gasteiger partial charge in [-0.25, -0.2) is 0 Å². The summed E-state index contributed by atoms with van der Waals surface area (Å²) in [5, 5.41) is 41.0. The summed E-state index contributed by atoms with van der Waals surface area (Å²) >= 11 is 0. The summed E-state index contributed by atoms with van der Waals surface area (Å²) in [7, 11) is 0. The predicted octanol–water partition coefficient (Wildman–Crippen LogP) is 7.60. The number of hydrogen-bond acceptors (Lipinski definition) is 4. The Morgan fingerprint density at radius 1 is 0.436 bits per heavy atom. The molecule has 5 heteroatoms. The van der Waals surface area contributed by atoms with Crippen molar-refractivity contribution in [3.8, 4) is 52.2 Å². The van der Waals surface area contributed by atoms with Crippen LogP contribution in [0.4, 0.5) is 0 Å². The zero-order chi connectivity index (χ0) is 26.9. The van der Waals surface area contributed by atoms with Gasteiger partial charge in [0.1, 0.15) is 0 Å². The fourth-order valence-electron chi connectivity index (χ4n) is 5.29. The van der Waals surface area contributed by atoms with Gasteiger partial charge in [0.2, 0.25) is 0 Å². The van der Waals surface area contributed by atoms with Crippen LogP contribution in [-0.4, -0.2) is 4.57 Å². The SMILES string of the molecule is N#Cc1cccc(C#N)c1-c1ccc2c(c1)c1ccc(-c3c(C#N)cccc3C#N)cc1n2-c1ccccc1. The molecule has 0 N–H and O–H groups in total. The van der Waals surface area contributed by atoms with Gasteiger partial charge in [0.15, 0.2) is 0 Å². The van der Waals surface area contributed by atoms with Crippen LogP contribution in [0.5, 0.6) is 0 Å². The van der Waals surface area contributed by atoms with Crippen LogP contribution >= 0.6 is 0 Å². The molecule has 0 atom stereocenters. The molecule has 0 spiro atoms. The number of fused-ring (bicyclic) bond motifs is 3. The maximum absolute atomic E-state index is 9.77. The topological polar surface area (TPSA) is 100 Å². The summed E-state index contributed by atoms with van der Waals surface area (Å²) in [5.41, 5.74) is 7.39. The van der Waals surface area contributed by atoms with Gasteiger partial charge in [-0.3, -0.25) is 0 Å². The van der Waals surface area contributed by atoms with Gasteiger partial charge < -0.3 is 4.57 Å². The van der Waals surface area contributed by atoms with E-state index in [9.17, 15) is 21.0 Å². The Bertz CT molecular complexity index is 2040. The molecule has 1 heterocycles. The molecule has 6 aromatic rings. The average Bonchev–Trinajstić information content (AvgIpc) is 3.33. The maximum Gasteiger partial charge on any atom is 0.0998 e. The van der Waals surface area contributed by atoms with Crippen molar-refractivity contribution < 1.29 is 0 Å². The van der Waals surface area contributed by atoms with Crippen molar-refractivity contribution in [2.75, 3.05) is 0 Å². The lowest BCUT2D eigenvalue weighted by molar-refractivity contribution is 1.18. The van der Waals surface area contributed by atoms with Crippen LogP contribution < -0.4 is 0 Å². The maximum atomic E-state index is 9.77. The number of nitrogens with zero attached hydrogens (tertiary/aromatic N) is 5. The zero-order valence-electron chi connectivity index (χ0n) is 20.6. The number of para-hydroxylation sites is 1. The van der Waals surface area contributed by atoms with E-state index in [1.807, 2.05) is 66.7 Å². The van der Waals surface area contributed by atoms with Crippen molar-refractivity contribution in [2.24, 2.45) is 0 Å². The van der Waals surface area contributed by atoms with Crippen LogP contribution in [0.2, 0.25) is 0 Å². The molecule has 39 heavy (non-hydrogen) atoms. The smallest absolute Gasteiger partial charge is 0.0998 e. The third kappa shape index (κ3) is 3.68. The van der Waals surface area contributed by atoms with E-state index in [1.54, 1.807) is 36.4 Å². The molecule has 5 nitrogen and oxygen atoms in total. The number of rotatable bonds is 3. The molecule has 0 aliphatic carbocycles. The molecule has 1 aromatic heterocycles. The van der Waals surface area contributed by atoms with Gasteiger partial charge in [0.25, 0.3) is 0 Å². The largest absolute Gasteiger partial charge is 0.309 e. The van der Waals surface area contributed by atoms with E-state index >= 15 is 0 Å². The number of aromatic nitrogens is 1. The highest BCUT2D eigenvalue weighted by molar-refractivity contribution is 6.11. The average molecular weight is 496 g/mol. The third-order valence-corrected chi connectivity index (χ3v) is 6.97. The van der Waals surface area contributed by atoms with E-state index in [4.69, 9.17) is 0 Å². The Hall–Kier alpha value is -6.14. The quantitative estimate of drug-likeness (QED) is 0.252. The minimum absolute atomic E-state index is 0.440. The zero-order valence-corrected chi connectivity index (χ0v) is 20.6. The van der Waals surface area contributed by atoms with E-state index in [-0.39, 0.29) is 0 Å². The number of nitriles is 4. The summed E-state index contributed by atoms with van der Waals surface area (Å²) in [4.78, 5) is 0. The van der Waals surface area contributed by atoms with Gasteiger partial charge in [0, 0.05) is 27.6 Å². The second-order valence-electron chi connectivity index (χ2n) is 9.04. The van der Waals surface area contributed by atoms with E-state index in [0.717, 1.165) is 38.6 Å². The first-order chi connectivity index (χ1) is 19.2. The Morgan fingerprint density at radius 2 is 0.949 bits per heavy atom. The first kappa shape index (κ1) is 23.3. The summed E-state index contributed by atoms with van der Waals surface area (Å²) in [5.74, 6) is 0. The van der Waals surface area contributed by atoms with Gasteiger partial charge in [-0.2, -0.15) is 21.0 Å². The summed E-state index contributed by atoms with van der Waals surface area (Å²) < 4.78 is 2.15. The Labute approximate surface area is 224 Å². The van der Waals surface area contributed by atoms with Crippen molar-refractivity contribution >= 4 is 21.8 Å².